The van der Waals surface area contributed by atoms with Gasteiger partial charge in [0.15, 0.2) is 0 Å². The number of hydrogen-bond acceptors (Lipinski definition) is 4. The fourth-order valence-corrected chi connectivity index (χ4v) is 4.39. The van der Waals surface area contributed by atoms with Gasteiger partial charge in [0.2, 0.25) is 0 Å². The van der Waals surface area contributed by atoms with Crippen molar-refractivity contribution in [2.24, 2.45) is 0 Å². The molecule has 1 aliphatic rings. The quantitative estimate of drug-likeness (QED) is 0.625. The maximum Gasteiger partial charge on any atom is 0.0737 e. The molecule has 2 aromatic heterocycles. The van der Waals surface area contributed by atoms with Crippen molar-refractivity contribution < 1.29 is 0 Å². The molecule has 2 N–H and O–H groups in total. The molecule has 0 amide bonds. The lowest BCUT2D eigenvalue weighted by molar-refractivity contribution is 0.354. The van der Waals surface area contributed by atoms with Crippen LogP contribution in [0.25, 0.3) is 10.9 Å². The first-order chi connectivity index (χ1) is 12.3. The van der Waals surface area contributed by atoms with Crippen molar-refractivity contribution in [2.75, 3.05) is 5.32 Å². The lowest BCUT2D eigenvalue weighted by Gasteiger charge is -2.30. The van der Waals surface area contributed by atoms with Gasteiger partial charge in [0, 0.05) is 45.8 Å². The van der Waals surface area contributed by atoms with Gasteiger partial charge in [0.1, 0.15) is 0 Å². The summed E-state index contributed by atoms with van der Waals surface area (Å²) < 4.78 is 0. The van der Waals surface area contributed by atoms with Crippen LogP contribution in [0, 0.1) is 0 Å². The number of anilines is 1. The van der Waals surface area contributed by atoms with E-state index in [1.165, 1.54) is 30.6 Å². The molecule has 25 heavy (non-hydrogen) atoms. The van der Waals surface area contributed by atoms with Crippen molar-refractivity contribution in [1.29, 1.82) is 0 Å². The maximum absolute atomic E-state index is 6.08. The highest BCUT2D eigenvalue weighted by atomic mass is 35.5. The largest absolute Gasteiger partial charge is 0.382 e. The molecule has 0 radical (unpaired) electrons. The molecule has 0 saturated heterocycles. The number of halogens is 1. The van der Waals surface area contributed by atoms with Crippen LogP contribution in [-0.2, 0) is 6.54 Å². The monoisotopic (exact) mass is 371 g/mol. The minimum Gasteiger partial charge on any atom is -0.382 e. The number of pyridine rings is 1. The van der Waals surface area contributed by atoms with Crippen LogP contribution < -0.4 is 10.6 Å². The lowest BCUT2D eigenvalue weighted by atomic mass is 9.91. The van der Waals surface area contributed by atoms with E-state index in [1.54, 1.807) is 0 Å². The topological polar surface area (TPSA) is 37.0 Å². The molecule has 3 nitrogen and oxygen atoms in total. The molecule has 3 aromatic rings. The van der Waals surface area contributed by atoms with Crippen LogP contribution >= 0.6 is 22.9 Å². The molecule has 130 valence electrons. The first-order valence-corrected chi connectivity index (χ1v) is 10.1. The highest BCUT2D eigenvalue weighted by molar-refractivity contribution is 7.09. The van der Waals surface area contributed by atoms with Gasteiger partial charge in [-0.25, -0.2) is 0 Å². The van der Waals surface area contributed by atoms with Gasteiger partial charge >= 0.3 is 0 Å². The summed E-state index contributed by atoms with van der Waals surface area (Å²) >= 11 is 7.90. The van der Waals surface area contributed by atoms with E-state index in [9.17, 15) is 0 Å². The number of aromatic nitrogens is 1. The summed E-state index contributed by atoms with van der Waals surface area (Å²) in [5, 5.41) is 11.4. The Labute approximate surface area is 157 Å². The van der Waals surface area contributed by atoms with E-state index in [4.69, 9.17) is 11.6 Å². The summed E-state index contributed by atoms with van der Waals surface area (Å²) in [5.74, 6) is 0. The van der Waals surface area contributed by atoms with Crippen LogP contribution in [0.5, 0.6) is 0 Å². The summed E-state index contributed by atoms with van der Waals surface area (Å²) in [5.41, 5.74) is 2.11. The SMILES string of the molecule is Clc1ccc2c(NC3CCC(NCc4cccs4)CC3)ccnc2c1. The average Bonchev–Trinajstić information content (AvgIpc) is 3.15. The second kappa shape index (κ2) is 7.73. The molecule has 0 atom stereocenters. The van der Waals surface area contributed by atoms with Crippen LogP contribution in [0.15, 0.2) is 48.0 Å². The van der Waals surface area contributed by atoms with Crippen molar-refractivity contribution in [3.8, 4) is 0 Å². The van der Waals surface area contributed by atoms with Crippen molar-refractivity contribution in [3.63, 3.8) is 0 Å². The molecule has 1 aliphatic carbocycles. The van der Waals surface area contributed by atoms with Crippen LogP contribution in [0.4, 0.5) is 5.69 Å². The van der Waals surface area contributed by atoms with E-state index in [0.717, 1.165) is 28.2 Å². The van der Waals surface area contributed by atoms with Gasteiger partial charge in [-0.3, -0.25) is 4.98 Å². The maximum atomic E-state index is 6.08. The van der Waals surface area contributed by atoms with Crippen LogP contribution in [0.2, 0.25) is 5.02 Å². The van der Waals surface area contributed by atoms with Gasteiger partial charge in [-0.05, 0) is 61.4 Å². The number of nitrogens with one attached hydrogen (secondary N) is 2. The molecule has 0 bridgehead atoms. The highest BCUT2D eigenvalue weighted by Crippen LogP contribution is 2.28. The minimum atomic E-state index is 0.529. The summed E-state index contributed by atoms with van der Waals surface area (Å²) in [7, 11) is 0. The summed E-state index contributed by atoms with van der Waals surface area (Å²) in [6.07, 6.45) is 6.68. The van der Waals surface area contributed by atoms with Crippen LogP contribution in [-0.4, -0.2) is 17.1 Å². The predicted molar refractivity (Wildman–Crippen MR) is 108 cm³/mol. The van der Waals surface area contributed by atoms with E-state index < -0.39 is 0 Å². The number of benzene rings is 1. The third-order valence-electron chi connectivity index (χ3n) is 4.94. The van der Waals surface area contributed by atoms with Crippen molar-refractivity contribution in [3.05, 3.63) is 57.9 Å². The van der Waals surface area contributed by atoms with Gasteiger partial charge in [0.25, 0.3) is 0 Å². The lowest BCUT2D eigenvalue weighted by Crippen LogP contribution is -2.36. The Morgan fingerprint density at radius 3 is 2.72 bits per heavy atom. The molecule has 1 fully saturated rings. The summed E-state index contributed by atoms with van der Waals surface area (Å²) in [6.45, 7) is 0.996. The Morgan fingerprint density at radius 2 is 1.92 bits per heavy atom. The zero-order valence-electron chi connectivity index (χ0n) is 14.0. The molecule has 5 heteroatoms. The molecule has 2 heterocycles. The third-order valence-corrected chi connectivity index (χ3v) is 6.05. The standard InChI is InChI=1S/C20H22ClN3S/c21-14-3-8-18-19(9-10-22-20(18)12-14)24-16-6-4-15(5-7-16)23-13-17-2-1-11-25-17/h1-3,8-12,15-16,23H,4-7,13H2,(H,22,24). The first-order valence-electron chi connectivity index (χ1n) is 8.84. The van der Waals surface area contributed by atoms with E-state index in [1.807, 2.05) is 29.7 Å². The summed E-state index contributed by atoms with van der Waals surface area (Å²) in [6, 6.07) is 13.5. The number of nitrogens with zero attached hydrogens (tertiary/aromatic N) is 1. The molecule has 1 saturated carbocycles. The van der Waals surface area contributed by atoms with Gasteiger partial charge in [0.05, 0.1) is 5.52 Å². The molecule has 1 aromatic carbocycles. The summed E-state index contributed by atoms with van der Waals surface area (Å²) in [4.78, 5) is 5.84. The van der Waals surface area contributed by atoms with Crippen molar-refractivity contribution in [1.82, 2.24) is 10.3 Å². The minimum absolute atomic E-state index is 0.529. The highest BCUT2D eigenvalue weighted by Gasteiger charge is 2.21. The van der Waals surface area contributed by atoms with Crippen molar-refractivity contribution >= 4 is 39.5 Å². The van der Waals surface area contributed by atoms with Gasteiger partial charge in [-0.1, -0.05) is 17.7 Å². The normalized spacial score (nSPS) is 20.7. The van der Waals surface area contributed by atoms with Crippen LogP contribution in [0.3, 0.4) is 0 Å². The second-order valence-corrected chi connectivity index (χ2v) is 8.14. The smallest absolute Gasteiger partial charge is 0.0737 e. The number of hydrogen-bond donors (Lipinski definition) is 2. The number of fused-ring (bicyclic) bond motifs is 1. The van der Waals surface area contributed by atoms with E-state index in [0.29, 0.717) is 12.1 Å². The fourth-order valence-electron chi connectivity index (χ4n) is 3.57. The Morgan fingerprint density at radius 1 is 1.08 bits per heavy atom. The zero-order chi connectivity index (χ0) is 17.1. The van der Waals surface area contributed by atoms with Gasteiger partial charge < -0.3 is 10.6 Å². The Bertz CT molecular complexity index is 826. The predicted octanol–water partition coefficient (Wildman–Crippen LogP) is 5.46. The molecule has 4 rings (SSSR count). The first kappa shape index (κ1) is 16.8. The fraction of sp³-hybridized carbons (Fsp3) is 0.350. The molecular formula is C20H22ClN3S. The number of thiophene rings is 1. The molecule has 0 spiro atoms. The zero-order valence-corrected chi connectivity index (χ0v) is 15.6. The Kier molecular flexibility index (Phi) is 5.20. The van der Waals surface area contributed by atoms with Crippen molar-refractivity contribution in [2.45, 2.75) is 44.3 Å². The molecule has 0 unspecified atom stereocenters. The molecular weight excluding hydrogens is 350 g/mol. The van der Waals surface area contributed by atoms with E-state index in [2.05, 4.69) is 45.3 Å². The van der Waals surface area contributed by atoms with Crippen LogP contribution in [0.1, 0.15) is 30.6 Å². The Hall–Kier alpha value is -1.62. The average molecular weight is 372 g/mol. The second-order valence-electron chi connectivity index (χ2n) is 6.67. The Balaban J connectivity index is 1.34. The van der Waals surface area contributed by atoms with E-state index in [-0.39, 0.29) is 0 Å². The van der Waals surface area contributed by atoms with E-state index >= 15 is 0 Å². The molecule has 0 aliphatic heterocycles. The van der Waals surface area contributed by atoms with Gasteiger partial charge in [-0.2, -0.15) is 0 Å². The van der Waals surface area contributed by atoms with Gasteiger partial charge in [-0.15, -0.1) is 11.3 Å². The number of rotatable bonds is 5. The third kappa shape index (κ3) is 4.14.